The summed E-state index contributed by atoms with van der Waals surface area (Å²) < 4.78 is 16.6. The van der Waals surface area contributed by atoms with Crippen LogP contribution in [0.25, 0.3) is 0 Å². The van der Waals surface area contributed by atoms with Crippen molar-refractivity contribution in [2.45, 2.75) is 19.1 Å². The maximum atomic E-state index is 12.7. The number of fused-ring (bicyclic) bond motifs is 1. The molecule has 0 aromatic heterocycles. The van der Waals surface area contributed by atoms with E-state index in [1.807, 2.05) is 24.3 Å². The number of anilines is 1. The summed E-state index contributed by atoms with van der Waals surface area (Å²) >= 11 is 0. The number of nitrogens with zero attached hydrogens (tertiary/aromatic N) is 2. The first-order chi connectivity index (χ1) is 14.1. The Hall–Kier alpha value is -3.22. The second-order valence-corrected chi connectivity index (χ2v) is 7.09. The summed E-state index contributed by atoms with van der Waals surface area (Å²) in [4.78, 5) is 29.1. The molecular formula is C22H24N2O5. The second kappa shape index (κ2) is 8.43. The van der Waals surface area contributed by atoms with Crippen molar-refractivity contribution < 1.29 is 23.8 Å². The first-order valence-corrected chi connectivity index (χ1v) is 9.79. The largest absolute Gasteiger partial charge is 0.485 e. The summed E-state index contributed by atoms with van der Waals surface area (Å²) in [6.07, 6.45) is -1.75. The van der Waals surface area contributed by atoms with Crippen LogP contribution in [-0.4, -0.2) is 61.8 Å². The van der Waals surface area contributed by atoms with Crippen LogP contribution in [0.5, 0.6) is 11.5 Å². The number of rotatable bonds is 4. The predicted octanol–water partition coefficient (Wildman–Crippen LogP) is 2.11. The van der Waals surface area contributed by atoms with Gasteiger partial charge in [0.1, 0.15) is 6.61 Å². The number of ether oxygens (including phenoxy) is 3. The molecule has 7 nitrogen and oxygen atoms in total. The molecule has 2 aromatic carbocycles. The van der Waals surface area contributed by atoms with Crippen LogP contribution in [0.2, 0.25) is 0 Å². The van der Waals surface area contributed by atoms with E-state index in [0.717, 1.165) is 18.8 Å². The van der Waals surface area contributed by atoms with E-state index in [9.17, 15) is 9.59 Å². The van der Waals surface area contributed by atoms with Gasteiger partial charge in [0.05, 0.1) is 0 Å². The van der Waals surface area contributed by atoms with Gasteiger partial charge in [-0.2, -0.15) is 0 Å². The molecule has 1 saturated heterocycles. The quantitative estimate of drug-likeness (QED) is 0.738. The molecule has 152 valence electrons. The van der Waals surface area contributed by atoms with Gasteiger partial charge >= 0.3 is 5.97 Å². The lowest BCUT2D eigenvalue weighted by atomic mass is 10.2. The number of benzene rings is 2. The maximum absolute atomic E-state index is 12.7. The van der Waals surface area contributed by atoms with Gasteiger partial charge in [-0.15, -0.1) is 0 Å². The third kappa shape index (κ3) is 4.29. The van der Waals surface area contributed by atoms with E-state index in [4.69, 9.17) is 14.2 Å². The van der Waals surface area contributed by atoms with Crippen molar-refractivity contribution in [2.24, 2.45) is 0 Å². The molecule has 1 amide bonds. The minimum absolute atomic E-state index is 0.0620. The molecule has 29 heavy (non-hydrogen) atoms. The van der Waals surface area contributed by atoms with Crippen molar-refractivity contribution in [3.8, 4) is 11.5 Å². The molecule has 0 N–H and O–H groups in total. The number of piperazine rings is 1. The van der Waals surface area contributed by atoms with Gasteiger partial charge in [0.15, 0.2) is 17.6 Å². The number of carbonyl (C=O) groups is 2. The lowest BCUT2D eigenvalue weighted by Crippen LogP contribution is -2.52. The minimum atomic E-state index is -0.880. The van der Waals surface area contributed by atoms with Crippen LogP contribution >= 0.6 is 0 Å². The van der Waals surface area contributed by atoms with Gasteiger partial charge in [-0.3, -0.25) is 4.79 Å². The Morgan fingerprint density at radius 2 is 1.62 bits per heavy atom. The predicted molar refractivity (Wildman–Crippen MR) is 107 cm³/mol. The highest BCUT2D eigenvalue weighted by Gasteiger charge is 2.33. The molecule has 2 heterocycles. The van der Waals surface area contributed by atoms with Gasteiger partial charge in [0, 0.05) is 31.9 Å². The molecule has 0 saturated carbocycles. The first kappa shape index (κ1) is 19.1. The number of hydrogen-bond acceptors (Lipinski definition) is 6. The topological polar surface area (TPSA) is 68.3 Å². The fraction of sp³-hybridized carbons (Fsp3) is 0.364. The maximum Gasteiger partial charge on any atom is 0.351 e. The van der Waals surface area contributed by atoms with E-state index in [0.29, 0.717) is 24.6 Å². The van der Waals surface area contributed by atoms with E-state index in [1.54, 1.807) is 30.0 Å². The van der Waals surface area contributed by atoms with Crippen LogP contribution in [0.4, 0.5) is 5.69 Å². The molecule has 2 aliphatic rings. The highest BCUT2D eigenvalue weighted by Crippen LogP contribution is 2.31. The Labute approximate surface area is 169 Å². The molecule has 0 unspecified atom stereocenters. The van der Waals surface area contributed by atoms with E-state index in [-0.39, 0.29) is 12.5 Å². The summed E-state index contributed by atoms with van der Waals surface area (Å²) in [5, 5.41) is 0. The summed E-state index contributed by atoms with van der Waals surface area (Å²) in [6, 6.07) is 17.3. The van der Waals surface area contributed by atoms with Gasteiger partial charge in [-0.25, -0.2) is 4.79 Å². The zero-order chi connectivity index (χ0) is 20.2. The van der Waals surface area contributed by atoms with Gasteiger partial charge < -0.3 is 24.0 Å². The Balaban J connectivity index is 1.28. The number of carbonyl (C=O) groups excluding carboxylic acids is 2. The van der Waals surface area contributed by atoms with Crippen molar-refractivity contribution in [2.75, 3.05) is 37.7 Å². The Morgan fingerprint density at radius 1 is 0.966 bits per heavy atom. The monoisotopic (exact) mass is 396 g/mol. The zero-order valence-corrected chi connectivity index (χ0v) is 16.3. The summed E-state index contributed by atoms with van der Waals surface area (Å²) in [6.45, 7) is 4.32. The lowest BCUT2D eigenvalue weighted by molar-refractivity contribution is -0.166. The van der Waals surface area contributed by atoms with Crippen molar-refractivity contribution in [1.82, 2.24) is 4.90 Å². The van der Waals surface area contributed by atoms with Crippen molar-refractivity contribution >= 4 is 17.6 Å². The fourth-order valence-electron chi connectivity index (χ4n) is 3.52. The number of para-hydroxylation sites is 3. The Morgan fingerprint density at radius 3 is 2.34 bits per heavy atom. The van der Waals surface area contributed by atoms with Crippen LogP contribution in [0.1, 0.15) is 6.92 Å². The van der Waals surface area contributed by atoms with Gasteiger partial charge in [-0.1, -0.05) is 30.3 Å². The zero-order valence-electron chi connectivity index (χ0n) is 16.3. The highest BCUT2D eigenvalue weighted by molar-refractivity contribution is 5.85. The van der Waals surface area contributed by atoms with Crippen LogP contribution < -0.4 is 14.4 Å². The highest BCUT2D eigenvalue weighted by atomic mass is 16.6. The number of hydrogen-bond donors (Lipinski definition) is 0. The summed E-state index contributed by atoms with van der Waals surface area (Å²) in [7, 11) is 0. The SMILES string of the molecule is C[C@H](OC(=O)[C@@H]1COc2ccccc2O1)C(=O)N1CCN(c2ccccc2)CC1. The van der Waals surface area contributed by atoms with Gasteiger partial charge in [-0.05, 0) is 31.2 Å². The van der Waals surface area contributed by atoms with E-state index >= 15 is 0 Å². The molecule has 2 aliphatic heterocycles. The normalized spacial score (nSPS) is 19.4. The molecule has 0 aliphatic carbocycles. The molecular weight excluding hydrogens is 372 g/mol. The third-order valence-corrected chi connectivity index (χ3v) is 5.12. The molecule has 4 rings (SSSR count). The Kier molecular flexibility index (Phi) is 5.55. The van der Waals surface area contributed by atoms with Crippen LogP contribution in [0.3, 0.4) is 0 Å². The molecule has 2 aromatic rings. The molecule has 0 radical (unpaired) electrons. The minimum Gasteiger partial charge on any atom is -0.485 e. The fourth-order valence-corrected chi connectivity index (χ4v) is 3.52. The van der Waals surface area contributed by atoms with Crippen molar-refractivity contribution in [3.63, 3.8) is 0 Å². The third-order valence-electron chi connectivity index (χ3n) is 5.12. The lowest BCUT2D eigenvalue weighted by Gasteiger charge is -2.37. The van der Waals surface area contributed by atoms with Crippen molar-refractivity contribution in [1.29, 1.82) is 0 Å². The molecule has 0 bridgehead atoms. The molecule has 1 fully saturated rings. The average molecular weight is 396 g/mol. The first-order valence-electron chi connectivity index (χ1n) is 9.79. The smallest absolute Gasteiger partial charge is 0.351 e. The molecule has 2 atom stereocenters. The number of esters is 1. The van der Waals surface area contributed by atoms with Crippen molar-refractivity contribution in [3.05, 3.63) is 54.6 Å². The van der Waals surface area contributed by atoms with E-state index < -0.39 is 18.2 Å². The van der Waals surface area contributed by atoms with Crippen LogP contribution in [0, 0.1) is 0 Å². The summed E-state index contributed by atoms with van der Waals surface area (Å²) in [5.41, 5.74) is 1.15. The number of amides is 1. The molecule has 0 spiro atoms. The van der Waals surface area contributed by atoms with Gasteiger partial charge in [0.2, 0.25) is 6.10 Å². The van der Waals surface area contributed by atoms with E-state index in [2.05, 4.69) is 17.0 Å². The van der Waals surface area contributed by atoms with Gasteiger partial charge in [0.25, 0.3) is 5.91 Å². The van der Waals surface area contributed by atoms with E-state index in [1.165, 1.54) is 0 Å². The Bertz CT molecular complexity index is 865. The van der Waals surface area contributed by atoms with Crippen LogP contribution in [0.15, 0.2) is 54.6 Å². The molecule has 7 heteroatoms. The second-order valence-electron chi connectivity index (χ2n) is 7.09. The summed E-state index contributed by atoms with van der Waals surface area (Å²) in [5.74, 6) is 0.306. The average Bonchev–Trinajstić information content (AvgIpc) is 2.79. The standard InChI is InChI=1S/C22H24N2O5/c1-16(28-22(26)20-15-27-18-9-5-6-10-19(18)29-20)21(25)24-13-11-23(12-14-24)17-7-3-2-4-8-17/h2-10,16,20H,11-15H2,1H3/t16-,20-/m0/s1. The van der Waals surface area contributed by atoms with Crippen LogP contribution in [-0.2, 0) is 14.3 Å².